The number of nitrogens with zero attached hydrogens (tertiary/aromatic N) is 3. The molecule has 1 unspecified atom stereocenters. The number of thiophene rings is 1. The summed E-state index contributed by atoms with van der Waals surface area (Å²) in [5, 5.41) is 10.4. The minimum atomic E-state index is 0.373. The van der Waals surface area contributed by atoms with Gasteiger partial charge in [-0.25, -0.2) is 4.68 Å². The van der Waals surface area contributed by atoms with E-state index >= 15 is 0 Å². The standard InChI is InChI=1S/C14H18N4S/c1-9-6-8-19-12(9)11-5-7-15-14-16-13(17-18(11)14)10-3-2-4-10/h6,8,10-11H,2-5,7H2,1H3,(H,15,16,17). The summed E-state index contributed by atoms with van der Waals surface area (Å²) in [5.74, 6) is 2.62. The molecule has 0 radical (unpaired) electrons. The number of fused-ring (bicyclic) bond motifs is 1. The summed E-state index contributed by atoms with van der Waals surface area (Å²) in [6, 6.07) is 2.57. The number of hydrogen-bond donors (Lipinski definition) is 1. The molecule has 2 aliphatic rings. The lowest BCUT2D eigenvalue weighted by atomic mass is 9.85. The molecule has 3 heterocycles. The van der Waals surface area contributed by atoms with Crippen molar-refractivity contribution in [1.29, 1.82) is 0 Å². The molecule has 2 aromatic heterocycles. The topological polar surface area (TPSA) is 42.7 Å². The fourth-order valence-corrected chi connectivity index (χ4v) is 3.98. The first-order valence-electron chi connectivity index (χ1n) is 7.07. The maximum absolute atomic E-state index is 4.80. The van der Waals surface area contributed by atoms with E-state index < -0.39 is 0 Å². The Balaban J connectivity index is 1.73. The normalized spacial score (nSPS) is 22.7. The van der Waals surface area contributed by atoms with E-state index in [9.17, 15) is 0 Å². The fraction of sp³-hybridized carbons (Fsp3) is 0.571. The second-order valence-electron chi connectivity index (χ2n) is 5.57. The van der Waals surface area contributed by atoms with Crippen LogP contribution in [0, 0.1) is 6.92 Å². The van der Waals surface area contributed by atoms with Crippen molar-refractivity contribution in [2.45, 2.75) is 44.6 Å². The molecule has 1 aliphatic carbocycles. The Morgan fingerprint density at radius 1 is 1.37 bits per heavy atom. The van der Waals surface area contributed by atoms with Crippen LogP contribution in [-0.2, 0) is 0 Å². The van der Waals surface area contributed by atoms with E-state index in [1.54, 1.807) is 0 Å². The number of aryl methyl sites for hydroxylation is 1. The van der Waals surface area contributed by atoms with Gasteiger partial charge in [0, 0.05) is 17.3 Å². The van der Waals surface area contributed by atoms with Gasteiger partial charge in [0.2, 0.25) is 5.95 Å². The van der Waals surface area contributed by atoms with E-state index in [4.69, 9.17) is 10.1 Å². The maximum Gasteiger partial charge on any atom is 0.222 e. The van der Waals surface area contributed by atoms with Crippen molar-refractivity contribution in [3.63, 3.8) is 0 Å². The summed E-state index contributed by atoms with van der Waals surface area (Å²) in [6.07, 6.45) is 4.94. The van der Waals surface area contributed by atoms with E-state index in [1.807, 2.05) is 11.3 Å². The second kappa shape index (κ2) is 4.34. The van der Waals surface area contributed by atoms with Gasteiger partial charge in [-0.05, 0) is 43.2 Å². The highest BCUT2D eigenvalue weighted by Crippen LogP contribution is 2.38. The second-order valence-corrected chi connectivity index (χ2v) is 6.51. The molecule has 0 amide bonds. The zero-order chi connectivity index (χ0) is 12.8. The predicted molar refractivity (Wildman–Crippen MR) is 76.9 cm³/mol. The molecule has 4 nitrogen and oxygen atoms in total. The third-order valence-electron chi connectivity index (χ3n) is 4.32. The highest BCUT2D eigenvalue weighted by molar-refractivity contribution is 7.10. The van der Waals surface area contributed by atoms with Gasteiger partial charge < -0.3 is 5.32 Å². The average molecular weight is 274 g/mol. The molecule has 0 saturated heterocycles. The molecular weight excluding hydrogens is 256 g/mol. The molecule has 0 aromatic carbocycles. The van der Waals surface area contributed by atoms with Crippen LogP contribution in [0.15, 0.2) is 11.4 Å². The zero-order valence-electron chi connectivity index (χ0n) is 11.1. The molecule has 0 bridgehead atoms. The molecule has 1 N–H and O–H groups in total. The van der Waals surface area contributed by atoms with Gasteiger partial charge in [-0.2, -0.15) is 10.1 Å². The molecule has 1 aliphatic heterocycles. The summed E-state index contributed by atoms with van der Waals surface area (Å²) in [5.41, 5.74) is 1.38. The van der Waals surface area contributed by atoms with Gasteiger partial charge in [0.05, 0.1) is 6.04 Å². The Bertz CT molecular complexity index is 596. The molecule has 0 spiro atoms. The number of anilines is 1. The minimum absolute atomic E-state index is 0.373. The Labute approximate surface area is 116 Å². The van der Waals surface area contributed by atoms with Crippen molar-refractivity contribution in [3.05, 3.63) is 27.7 Å². The van der Waals surface area contributed by atoms with Crippen molar-refractivity contribution in [2.75, 3.05) is 11.9 Å². The molecule has 100 valence electrons. The van der Waals surface area contributed by atoms with Crippen LogP contribution in [0.3, 0.4) is 0 Å². The van der Waals surface area contributed by atoms with Crippen LogP contribution in [0.1, 0.15) is 53.9 Å². The van der Waals surface area contributed by atoms with Gasteiger partial charge in [0.15, 0.2) is 5.82 Å². The van der Waals surface area contributed by atoms with Crippen molar-refractivity contribution < 1.29 is 0 Å². The average Bonchev–Trinajstić information content (AvgIpc) is 2.92. The van der Waals surface area contributed by atoms with Gasteiger partial charge >= 0.3 is 0 Å². The summed E-state index contributed by atoms with van der Waals surface area (Å²) < 4.78 is 2.12. The number of hydrogen-bond acceptors (Lipinski definition) is 4. The molecule has 19 heavy (non-hydrogen) atoms. The smallest absolute Gasteiger partial charge is 0.222 e. The summed E-state index contributed by atoms with van der Waals surface area (Å²) in [6.45, 7) is 3.18. The number of aromatic nitrogens is 3. The van der Waals surface area contributed by atoms with Gasteiger partial charge in [0.1, 0.15) is 0 Å². The molecule has 4 rings (SSSR count). The van der Waals surface area contributed by atoms with Crippen LogP contribution < -0.4 is 5.32 Å². The highest BCUT2D eigenvalue weighted by atomic mass is 32.1. The van der Waals surface area contributed by atoms with Crippen molar-refractivity contribution in [1.82, 2.24) is 14.8 Å². The van der Waals surface area contributed by atoms with Crippen LogP contribution in [0.4, 0.5) is 5.95 Å². The summed E-state index contributed by atoms with van der Waals surface area (Å²) in [7, 11) is 0. The fourth-order valence-electron chi connectivity index (χ4n) is 2.93. The van der Waals surface area contributed by atoms with Crippen molar-refractivity contribution >= 4 is 17.3 Å². The zero-order valence-corrected chi connectivity index (χ0v) is 11.9. The number of rotatable bonds is 2. The van der Waals surface area contributed by atoms with E-state index in [-0.39, 0.29) is 0 Å². The maximum atomic E-state index is 4.80. The van der Waals surface area contributed by atoms with Gasteiger partial charge in [0.25, 0.3) is 0 Å². The van der Waals surface area contributed by atoms with E-state index in [0.717, 1.165) is 24.7 Å². The lowest BCUT2D eigenvalue weighted by molar-refractivity contribution is 0.394. The molecule has 1 saturated carbocycles. The van der Waals surface area contributed by atoms with E-state index in [1.165, 1.54) is 29.7 Å². The lowest BCUT2D eigenvalue weighted by Gasteiger charge is -2.24. The van der Waals surface area contributed by atoms with Gasteiger partial charge in [-0.15, -0.1) is 11.3 Å². The molecule has 1 fully saturated rings. The largest absolute Gasteiger partial charge is 0.354 e. The SMILES string of the molecule is Cc1ccsc1C1CCNc2nc(C3CCC3)nn21. The van der Waals surface area contributed by atoms with Crippen LogP contribution in [0.2, 0.25) is 0 Å². The van der Waals surface area contributed by atoms with Crippen molar-refractivity contribution in [2.24, 2.45) is 0 Å². The Morgan fingerprint density at radius 3 is 2.95 bits per heavy atom. The molecule has 2 aromatic rings. The quantitative estimate of drug-likeness (QED) is 0.913. The lowest BCUT2D eigenvalue weighted by Crippen LogP contribution is -2.24. The first-order chi connectivity index (χ1) is 9.33. The van der Waals surface area contributed by atoms with Crippen LogP contribution in [0.5, 0.6) is 0 Å². The van der Waals surface area contributed by atoms with Crippen molar-refractivity contribution in [3.8, 4) is 0 Å². The Morgan fingerprint density at radius 2 is 2.26 bits per heavy atom. The third kappa shape index (κ3) is 1.79. The third-order valence-corrected chi connectivity index (χ3v) is 5.44. The van der Waals surface area contributed by atoms with Gasteiger partial charge in [-0.1, -0.05) is 6.42 Å². The van der Waals surface area contributed by atoms with Crippen LogP contribution in [0.25, 0.3) is 0 Å². The van der Waals surface area contributed by atoms with Crippen LogP contribution >= 0.6 is 11.3 Å². The summed E-state index contributed by atoms with van der Waals surface area (Å²) >= 11 is 1.84. The van der Waals surface area contributed by atoms with E-state index in [2.05, 4.69) is 28.4 Å². The number of nitrogens with one attached hydrogen (secondary N) is 1. The molecule has 1 atom stereocenters. The van der Waals surface area contributed by atoms with Gasteiger partial charge in [-0.3, -0.25) is 0 Å². The first-order valence-corrected chi connectivity index (χ1v) is 7.95. The highest BCUT2D eigenvalue weighted by Gasteiger charge is 2.30. The first kappa shape index (κ1) is 11.5. The summed E-state index contributed by atoms with van der Waals surface area (Å²) in [4.78, 5) is 6.15. The minimum Gasteiger partial charge on any atom is -0.354 e. The molecule has 5 heteroatoms. The molecular formula is C14H18N4S. The van der Waals surface area contributed by atoms with E-state index in [0.29, 0.717) is 12.0 Å². The Kier molecular flexibility index (Phi) is 2.62. The predicted octanol–water partition coefficient (Wildman–Crippen LogP) is 3.32. The van der Waals surface area contributed by atoms with Crippen LogP contribution in [-0.4, -0.2) is 21.3 Å². The monoisotopic (exact) mass is 274 g/mol. The Hall–Kier alpha value is -1.36.